The molecule has 98 valence electrons. The monoisotopic (exact) mass is 311 g/mol. The summed E-state index contributed by atoms with van der Waals surface area (Å²) in [7, 11) is 1.56. The summed E-state index contributed by atoms with van der Waals surface area (Å²) in [6.45, 7) is 8.91. The number of carbonyl (C=O) groups is 1. The molecule has 0 atom stereocenters. The van der Waals surface area contributed by atoms with Crippen LogP contribution in [0.5, 0.6) is 5.75 Å². The first-order valence-electron chi connectivity index (χ1n) is 5.76. The third-order valence-corrected chi connectivity index (χ3v) is 3.02. The van der Waals surface area contributed by atoms with Gasteiger partial charge in [0.2, 0.25) is 0 Å². The van der Waals surface area contributed by atoms with Crippen molar-refractivity contribution < 1.29 is 9.53 Å². The third-order valence-electron chi connectivity index (χ3n) is 2.52. The lowest BCUT2D eigenvalue weighted by Gasteiger charge is -2.22. The molecule has 1 amide bonds. The van der Waals surface area contributed by atoms with Crippen LogP contribution in [0.2, 0.25) is 0 Å². The van der Waals surface area contributed by atoms with Crippen molar-refractivity contribution in [1.29, 1.82) is 0 Å². The van der Waals surface area contributed by atoms with E-state index in [1.165, 1.54) is 0 Å². The Labute approximate surface area is 117 Å². The number of amides is 1. The molecule has 0 aliphatic carbocycles. The molecule has 3 nitrogen and oxygen atoms in total. The highest BCUT2D eigenvalue weighted by atomic mass is 79.9. The zero-order valence-electron chi connectivity index (χ0n) is 11.0. The molecule has 1 aromatic carbocycles. The van der Waals surface area contributed by atoms with Gasteiger partial charge in [0.1, 0.15) is 5.75 Å². The van der Waals surface area contributed by atoms with Crippen LogP contribution in [0.3, 0.4) is 0 Å². The fourth-order valence-electron chi connectivity index (χ4n) is 1.67. The van der Waals surface area contributed by atoms with Crippen molar-refractivity contribution in [3.63, 3.8) is 0 Å². The Bertz CT molecular complexity index is 457. The Kier molecular flexibility index (Phi) is 5.41. The SMILES string of the molecule is C=C(C)CN(CC)C(=O)c1ccc(Br)cc1OC. The van der Waals surface area contributed by atoms with Crippen LogP contribution in [0.1, 0.15) is 24.2 Å². The molecule has 0 spiro atoms. The summed E-state index contributed by atoms with van der Waals surface area (Å²) in [6, 6.07) is 5.40. The van der Waals surface area contributed by atoms with E-state index in [4.69, 9.17) is 4.74 Å². The Hall–Kier alpha value is -1.29. The van der Waals surface area contributed by atoms with E-state index in [1.807, 2.05) is 19.9 Å². The van der Waals surface area contributed by atoms with E-state index in [0.717, 1.165) is 10.0 Å². The second kappa shape index (κ2) is 6.59. The van der Waals surface area contributed by atoms with Gasteiger partial charge in [0, 0.05) is 17.6 Å². The summed E-state index contributed by atoms with van der Waals surface area (Å²) in [6.07, 6.45) is 0. The van der Waals surface area contributed by atoms with E-state index in [9.17, 15) is 4.79 Å². The van der Waals surface area contributed by atoms with Gasteiger partial charge >= 0.3 is 0 Å². The predicted molar refractivity (Wildman–Crippen MR) is 77.1 cm³/mol. The summed E-state index contributed by atoms with van der Waals surface area (Å²) in [5, 5.41) is 0. The maximum Gasteiger partial charge on any atom is 0.257 e. The molecule has 0 fully saturated rings. The fraction of sp³-hybridized carbons (Fsp3) is 0.357. The highest BCUT2D eigenvalue weighted by Gasteiger charge is 2.18. The molecule has 0 saturated heterocycles. The lowest BCUT2D eigenvalue weighted by molar-refractivity contribution is 0.0775. The lowest BCUT2D eigenvalue weighted by Crippen LogP contribution is -2.32. The molecule has 0 heterocycles. The van der Waals surface area contributed by atoms with Gasteiger partial charge in [0.15, 0.2) is 0 Å². The van der Waals surface area contributed by atoms with Gasteiger partial charge in [-0.2, -0.15) is 0 Å². The van der Waals surface area contributed by atoms with Crippen LogP contribution in [0.25, 0.3) is 0 Å². The Balaban J connectivity index is 3.04. The van der Waals surface area contributed by atoms with E-state index in [-0.39, 0.29) is 5.91 Å². The predicted octanol–water partition coefficient (Wildman–Crippen LogP) is 3.50. The van der Waals surface area contributed by atoms with E-state index < -0.39 is 0 Å². The highest BCUT2D eigenvalue weighted by Crippen LogP contribution is 2.24. The molecule has 0 saturated carbocycles. The molecule has 0 aliphatic heterocycles. The van der Waals surface area contributed by atoms with Crippen molar-refractivity contribution in [2.24, 2.45) is 0 Å². The van der Waals surface area contributed by atoms with E-state index in [1.54, 1.807) is 24.1 Å². The molecular weight excluding hydrogens is 294 g/mol. The molecule has 1 aromatic rings. The van der Waals surface area contributed by atoms with Crippen molar-refractivity contribution >= 4 is 21.8 Å². The van der Waals surface area contributed by atoms with Crippen LogP contribution < -0.4 is 4.74 Å². The van der Waals surface area contributed by atoms with E-state index in [2.05, 4.69) is 22.5 Å². The zero-order chi connectivity index (χ0) is 13.7. The number of hydrogen-bond acceptors (Lipinski definition) is 2. The van der Waals surface area contributed by atoms with Crippen LogP contribution in [-0.4, -0.2) is 31.0 Å². The molecule has 0 bridgehead atoms. The standard InChI is InChI=1S/C14H18BrNO2/c1-5-16(9-10(2)3)14(17)12-7-6-11(15)8-13(12)18-4/h6-8H,2,5,9H2,1,3-4H3. The summed E-state index contributed by atoms with van der Waals surface area (Å²) < 4.78 is 6.13. The minimum atomic E-state index is -0.0372. The number of nitrogens with zero attached hydrogens (tertiary/aromatic N) is 1. The molecule has 0 N–H and O–H groups in total. The molecule has 0 radical (unpaired) electrons. The van der Waals surface area contributed by atoms with Crippen molar-refractivity contribution in [3.8, 4) is 5.75 Å². The average Bonchev–Trinajstić information content (AvgIpc) is 2.34. The van der Waals surface area contributed by atoms with Crippen molar-refractivity contribution in [3.05, 3.63) is 40.4 Å². The summed E-state index contributed by atoms with van der Waals surface area (Å²) in [5.41, 5.74) is 1.53. The van der Waals surface area contributed by atoms with Crippen LogP contribution in [-0.2, 0) is 0 Å². The van der Waals surface area contributed by atoms with Gasteiger partial charge in [-0.05, 0) is 32.0 Å². The van der Waals surface area contributed by atoms with Gasteiger partial charge in [-0.15, -0.1) is 0 Å². The van der Waals surface area contributed by atoms with Gasteiger partial charge < -0.3 is 9.64 Å². The first-order chi connectivity index (χ1) is 8.49. The number of benzene rings is 1. The zero-order valence-corrected chi connectivity index (χ0v) is 12.6. The number of ether oxygens (including phenoxy) is 1. The fourth-order valence-corrected chi connectivity index (χ4v) is 2.01. The quantitative estimate of drug-likeness (QED) is 0.779. The Morgan fingerprint density at radius 1 is 1.50 bits per heavy atom. The van der Waals surface area contributed by atoms with Crippen molar-refractivity contribution in [2.45, 2.75) is 13.8 Å². The molecular formula is C14H18BrNO2. The van der Waals surface area contributed by atoms with Crippen LogP contribution in [0, 0.1) is 0 Å². The average molecular weight is 312 g/mol. The molecule has 18 heavy (non-hydrogen) atoms. The normalized spacial score (nSPS) is 10.0. The molecule has 0 aromatic heterocycles. The second-order valence-corrected chi connectivity index (χ2v) is 5.04. The smallest absolute Gasteiger partial charge is 0.257 e. The Morgan fingerprint density at radius 3 is 2.67 bits per heavy atom. The largest absolute Gasteiger partial charge is 0.496 e. The number of hydrogen-bond donors (Lipinski definition) is 0. The number of carbonyl (C=O) groups excluding carboxylic acids is 1. The first-order valence-corrected chi connectivity index (χ1v) is 6.56. The molecule has 4 heteroatoms. The first kappa shape index (κ1) is 14.8. The van der Waals surface area contributed by atoms with Crippen LogP contribution >= 0.6 is 15.9 Å². The molecule has 0 unspecified atom stereocenters. The summed E-state index contributed by atoms with van der Waals surface area (Å²) >= 11 is 3.36. The number of rotatable bonds is 5. The number of methoxy groups -OCH3 is 1. The topological polar surface area (TPSA) is 29.5 Å². The lowest BCUT2D eigenvalue weighted by atomic mass is 10.1. The maximum absolute atomic E-state index is 12.4. The Morgan fingerprint density at radius 2 is 2.17 bits per heavy atom. The summed E-state index contributed by atoms with van der Waals surface area (Å²) in [5.74, 6) is 0.541. The molecule has 0 aliphatic rings. The van der Waals surface area contributed by atoms with Crippen LogP contribution in [0.4, 0.5) is 0 Å². The van der Waals surface area contributed by atoms with E-state index >= 15 is 0 Å². The van der Waals surface area contributed by atoms with Gasteiger partial charge in [-0.25, -0.2) is 0 Å². The summed E-state index contributed by atoms with van der Waals surface area (Å²) in [4.78, 5) is 14.1. The number of likely N-dealkylation sites (N-methyl/N-ethyl adjacent to an activating group) is 1. The van der Waals surface area contributed by atoms with Gasteiger partial charge in [0.25, 0.3) is 5.91 Å². The van der Waals surface area contributed by atoms with Crippen molar-refractivity contribution in [1.82, 2.24) is 4.90 Å². The van der Waals surface area contributed by atoms with Gasteiger partial charge in [-0.1, -0.05) is 28.1 Å². The molecule has 1 rings (SSSR count). The van der Waals surface area contributed by atoms with Gasteiger partial charge in [0.05, 0.1) is 12.7 Å². The van der Waals surface area contributed by atoms with E-state index in [0.29, 0.717) is 24.4 Å². The van der Waals surface area contributed by atoms with Crippen molar-refractivity contribution in [2.75, 3.05) is 20.2 Å². The van der Waals surface area contributed by atoms with Gasteiger partial charge in [-0.3, -0.25) is 4.79 Å². The maximum atomic E-state index is 12.4. The third kappa shape index (κ3) is 3.60. The van der Waals surface area contributed by atoms with Crippen LogP contribution in [0.15, 0.2) is 34.8 Å². The number of halogens is 1. The minimum absolute atomic E-state index is 0.0372. The second-order valence-electron chi connectivity index (χ2n) is 4.12. The minimum Gasteiger partial charge on any atom is -0.496 e. The highest BCUT2D eigenvalue weighted by molar-refractivity contribution is 9.10.